The Morgan fingerprint density at radius 3 is 2.88 bits per heavy atom. The molecular weight excluding hydrogens is 276 g/mol. The zero-order valence-electron chi connectivity index (χ0n) is 8.07. The van der Waals surface area contributed by atoms with E-state index in [0.717, 1.165) is 4.47 Å². The number of benzene rings is 1. The molecule has 4 nitrogen and oxygen atoms in total. The molecule has 0 amide bonds. The smallest absolute Gasteiger partial charge is 0.308 e. The van der Waals surface area contributed by atoms with E-state index >= 15 is 0 Å². The molecule has 0 saturated heterocycles. The Morgan fingerprint density at radius 2 is 2.19 bits per heavy atom. The van der Waals surface area contributed by atoms with Crippen LogP contribution in [0.3, 0.4) is 0 Å². The Balaban J connectivity index is 2.68. The molecule has 0 aliphatic heterocycles. The van der Waals surface area contributed by atoms with Crippen molar-refractivity contribution in [1.29, 1.82) is 0 Å². The summed E-state index contributed by atoms with van der Waals surface area (Å²) in [7, 11) is 0. The van der Waals surface area contributed by atoms with E-state index in [9.17, 15) is 9.59 Å². The van der Waals surface area contributed by atoms with E-state index in [2.05, 4.69) is 15.9 Å². The lowest BCUT2D eigenvalue weighted by Gasteiger charge is -2.00. The largest absolute Gasteiger partial charge is 0.481 e. The summed E-state index contributed by atoms with van der Waals surface area (Å²) in [6, 6.07) is 5.03. The summed E-state index contributed by atoms with van der Waals surface area (Å²) in [6.07, 6.45) is 0.872. The van der Waals surface area contributed by atoms with E-state index in [4.69, 9.17) is 9.52 Å². The van der Waals surface area contributed by atoms with Gasteiger partial charge in [-0.05, 0) is 18.2 Å². The zero-order valence-corrected chi connectivity index (χ0v) is 9.65. The standard InChI is InChI=1S/C11H7BrO4/c12-7-1-2-9-8(4-7)11(15)6(5-16-9)3-10(13)14/h1-2,4-5H,3H2,(H,13,14). The summed E-state index contributed by atoms with van der Waals surface area (Å²) in [4.78, 5) is 22.4. The van der Waals surface area contributed by atoms with Crippen LogP contribution >= 0.6 is 15.9 Å². The summed E-state index contributed by atoms with van der Waals surface area (Å²) in [5.41, 5.74) is 0.297. The molecule has 0 saturated carbocycles. The molecule has 5 heteroatoms. The predicted octanol–water partition coefficient (Wildman–Crippen LogP) is 2.18. The highest BCUT2D eigenvalue weighted by molar-refractivity contribution is 9.10. The molecule has 0 aliphatic rings. The van der Waals surface area contributed by atoms with Gasteiger partial charge in [0.25, 0.3) is 0 Å². The number of fused-ring (bicyclic) bond motifs is 1. The SMILES string of the molecule is O=C(O)Cc1coc2ccc(Br)cc2c1=O. The lowest BCUT2D eigenvalue weighted by Crippen LogP contribution is -2.13. The quantitative estimate of drug-likeness (QED) is 0.917. The molecule has 1 aromatic heterocycles. The van der Waals surface area contributed by atoms with Gasteiger partial charge in [0.1, 0.15) is 5.58 Å². The first-order valence-corrected chi connectivity index (χ1v) is 5.29. The fourth-order valence-electron chi connectivity index (χ4n) is 1.43. The van der Waals surface area contributed by atoms with Crippen LogP contribution in [-0.2, 0) is 11.2 Å². The Bertz CT molecular complexity index is 615. The highest BCUT2D eigenvalue weighted by Gasteiger charge is 2.10. The molecule has 0 bridgehead atoms. The average molecular weight is 283 g/mol. The normalized spacial score (nSPS) is 10.6. The molecule has 1 heterocycles. The van der Waals surface area contributed by atoms with Gasteiger partial charge in [0.15, 0.2) is 5.43 Å². The second-order valence-electron chi connectivity index (χ2n) is 3.30. The highest BCUT2D eigenvalue weighted by atomic mass is 79.9. The maximum absolute atomic E-state index is 11.9. The van der Waals surface area contributed by atoms with Gasteiger partial charge in [0.2, 0.25) is 0 Å². The molecule has 0 radical (unpaired) electrons. The molecular formula is C11H7BrO4. The van der Waals surface area contributed by atoms with Gasteiger partial charge in [0, 0.05) is 10.0 Å². The molecule has 0 unspecified atom stereocenters. The van der Waals surface area contributed by atoms with Crippen molar-refractivity contribution >= 4 is 32.9 Å². The summed E-state index contributed by atoms with van der Waals surface area (Å²) in [5.74, 6) is -1.05. The Hall–Kier alpha value is -1.62. The van der Waals surface area contributed by atoms with Crippen LogP contribution in [0.1, 0.15) is 5.56 Å². The second-order valence-corrected chi connectivity index (χ2v) is 4.22. The van der Waals surface area contributed by atoms with Crippen molar-refractivity contribution in [1.82, 2.24) is 0 Å². The van der Waals surface area contributed by atoms with Gasteiger partial charge in [-0.3, -0.25) is 9.59 Å². The fourth-order valence-corrected chi connectivity index (χ4v) is 1.79. The first kappa shape index (κ1) is 10.9. The maximum atomic E-state index is 11.9. The van der Waals surface area contributed by atoms with Crippen LogP contribution in [0.4, 0.5) is 0 Å². The molecule has 16 heavy (non-hydrogen) atoms. The first-order valence-electron chi connectivity index (χ1n) is 4.49. The minimum atomic E-state index is -1.05. The van der Waals surface area contributed by atoms with Gasteiger partial charge in [-0.25, -0.2) is 0 Å². The van der Waals surface area contributed by atoms with Gasteiger partial charge < -0.3 is 9.52 Å². The summed E-state index contributed by atoms with van der Waals surface area (Å²) < 4.78 is 5.95. The third kappa shape index (κ3) is 1.99. The summed E-state index contributed by atoms with van der Waals surface area (Å²) in [6.45, 7) is 0. The van der Waals surface area contributed by atoms with Crippen molar-refractivity contribution in [3.05, 3.63) is 44.7 Å². The van der Waals surface area contributed by atoms with E-state index in [1.54, 1.807) is 18.2 Å². The van der Waals surface area contributed by atoms with Crippen LogP contribution in [0, 0.1) is 0 Å². The minimum Gasteiger partial charge on any atom is -0.481 e. The number of halogens is 1. The van der Waals surface area contributed by atoms with Gasteiger partial charge in [-0.1, -0.05) is 15.9 Å². The highest BCUT2D eigenvalue weighted by Crippen LogP contribution is 2.17. The maximum Gasteiger partial charge on any atom is 0.308 e. The van der Waals surface area contributed by atoms with Crippen molar-refractivity contribution in [3.63, 3.8) is 0 Å². The molecule has 2 rings (SSSR count). The molecule has 0 fully saturated rings. The predicted molar refractivity (Wildman–Crippen MR) is 61.5 cm³/mol. The van der Waals surface area contributed by atoms with Crippen molar-refractivity contribution in [2.45, 2.75) is 6.42 Å². The van der Waals surface area contributed by atoms with Gasteiger partial charge >= 0.3 is 5.97 Å². The van der Waals surface area contributed by atoms with E-state index < -0.39 is 5.97 Å². The van der Waals surface area contributed by atoms with Crippen LogP contribution in [0.25, 0.3) is 11.0 Å². The molecule has 0 atom stereocenters. The lowest BCUT2D eigenvalue weighted by atomic mass is 10.1. The summed E-state index contributed by atoms with van der Waals surface area (Å²) >= 11 is 3.25. The molecule has 1 aromatic carbocycles. The lowest BCUT2D eigenvalue weighted by molar-refractivity contribution is -0.136. The number of hydrogen-bond donors (Lipinski definition) is 1. The van der Waals surface area contributed by atoms with Crippen LogP contribution in [-0.4, -0.2) is 11.1 Å². The third-order valence-corrected chi connectivity index (χ3v) is 2.64. The van der Waals surface area contributed by atoms with E-state index in [1.807, 2.05) is 0 Å². The molecule has 1 N–H and O–H groups in total. The van der Waals surface area contributed by atoms with E-state index in [1.165, 1.54) is 6.26 Å². The van der Waals surface area contributed by atoms with Crippen LogP contribution in [0.2, 0.25) is 0 Å². The van der Waals surface area contributed by atoms with Gasteiger partial charge in [-0.15, -0.1) is 0 Å². The van der Waals surface area contributed by atoms with Crippen LogP contribution in [0.5, 0.6) is 0 Å². The number of carbonyl (C=O) groups is 1. The fraction of sp³-hybridized carbons (Fsp3) is 0.0909. The third-order valence-electron chi connectivity index (χ3n) is 2.15. The minimum absolute atomic E-state index is 0.151. The Morgan fingerprint density at radius 1 is 1.44 bits per heavy atom. The zero-order chi connectivity index (χ0) is 11.7. The second kappa shape index (κ2) is 4.09. The average Bonchev–Trinajstić information content (AvgIpc) is 2.22. The number of rotatable bonds is 2. The molecule has 2 aromatic rings. The van der Waals surface area contributed by atoms with E-state index in [-0.39, 0.29) is 17.4 Å². The van der Waals surface area contributed by atoms with Crippen molar-refractivity contribution in [2.75, 3.05) is 0 Å². The monoisotopic (exact) mass is 282 g/mol. The van der Waals surface area contributed by atoms with Crippen LogP contribution in [0.15, 0.2) is 38.1 Å². The molecule has 0 aliphatic carbocycles. The van der Waals surface area contributed by atoms with Gasteiger partial charge in [0.05, 0.1) is 18.1 Å². The molecule has 0 spiro atoms. The van der Waals surface area contributed by atoms with Crippen molar-refractivity contribution in [3.8, 4) is 0 Å². The Kier molecular flexibility index (Phi) is 2.78. The Labute approximate surface area is 98.6 Å². The molecule has 82 valence electrons. The number of carboxylic acid groups (broad SMARTS) is 1. The number of carboxylic acids is 1. The number of hydrogen-bond acceptors (Lipinski definition) is 3. The van der Waals surface area contributed by atoms with Crippen molar-refractivity contribution in [2.24, 2.45) is 0 Å². The van der Waals surface area contributed by atoms with E-state index in [0.29, 0.717) is 11.0 Å². The number of aliphatic carboxylic acids is 1. The summed E-state index contributed by atoms with van der Waals surface area (Å²) in [5, 5.41) is 9.01. The van der Waals surface area contributed by atoms with Crippen LogP contribution < -0.4 is 5.43 Å². The van der Waals surface area contributed by atoms with Gasteiger partial charge in [-0.2, -0.15) is 0 Å². The first-order chi connectivity index (χ1) is 7.58. The topological polar surface area (TPSA) is 67.5 Å². The van der Waals surface area contributed by atoms with Crippen molar-refractivity contribution < 1.29 is 14.3 Å².